The third kappa shape index (κ3) is 1.85. The minimum absolute atomic E-state index is 0.299. The minimum Gasteiger partial charge on any atom is -0.495 e. The van der Waals surface area contributed by atoms with Gasteiger partial charge in [-0.15, -0.1) is 0 Å². The van der Waals surface area contributed by atoms with Crippen molar-refractivity contribution in [3.05, 3.63) is 22.2 Å². The molecule has 2 aliphatic carbocycles. The number of methoxy groups -OCH3 is 2. The molecule has 2 bridgehead atoms. The van der Waals surface area contributed by atoms with Crippen LogP contribution in [0.25, 0.3) is 0 Å². The Morgan fingerprint density at radius 1 is 1.23 bits per heavy atom. The molecule has 4 rings (SSSR count). The van der Waals surface area contributed by atoms with Crippen molar-refractivity contribution in [1.82, 2.24) is 5.32 Å². The summed E-state index contributed by atoms with van der Waals surface area (Å²) >= 11 is 6.51. The number of fused-ring (bicyclic) bond motifs is 1. The zero-order valence-corrected chi connectivity index (χ0v) is 14.1. The summed E-state index contributed by atoms with van der Waals surface area (Å²) in [6.07, 6.45) is 7.56. The average Bonchev–Trinajstić information content (AvgIpc) is 2.54. The van der Waals surface area contributed by atoms with Crippen LogP contribution >= 0.6 is 11.6 Å². The fourth-order valence-electron chi connectivity index (χ4n) is 5.35. The van der Waals surface area contributed by atoms with Crippen LogP contribution in [-0.4, -0.2) is 26.8 Å². The molecule has 1 aromatic rings. The highest BCUT2D eigenvalue weighted by atomic mass is 35.5. The molecule has 4 heteroatoms. The van der Waals surface area contributed by atoms with Gasteiger partial charge in [0.15, 0.2) is 0 Å². The largest absolute Gasteiger partial charge is 0.495 e. The van der Waals surface area contributed by atoms with Crippen LogP contribution in [0.1, 0.15) is 43.2 Å². The molecule has 2 fully saturated rings. The first kappa shape index (κ1) is 14.6. The lowest BCUT2D eigenvalue weighted by Crippen LogP contribution is -2.59. The van der Waals surface area contributed by atoms with Gasteiger partial charge in [0.05, 0.1) is 14.2 Å². The molecular weight excluding hydrogens is 298 g/mol. The standard InChI is InChI=1S/C18H24ClNO2/c1-21-15-10-13-11(17(22-2)16(15)19)9-14-12-5-3-4-6-18(12,13)7-8-20-14/h10,12,14,20H,3-9H2,1-2H3/t12-,14+,18+/m0/s1. The Morgan fingerprint density at radius 2 is 2.09 bits per heavy atom. The molecule has 1 aliphatic heterocycles. The molecule has 1 N–H and O–H groups in total. The van der Waals surface area contributed by atoms with Crippen LogP contribution in [0.2, 0.25) is 5.02 Å². The fraction of sp³-hybridized carbons (Fsp3) is 0.667. The van der Waals surface area contributed by atoms with E-state index in [4.69, 9.17) is 21.1 Å². The van der Waals surface area contributed by atoms with Gasteiger partial charge in [-0.2, -0.15) is 0 Å². The quantitative estimate of drug-likeness (QED) is 0.901. The van der Waals surface area contributed by atoms with E-state index in [9.17, 15) is 0 Å². The van der Waals surface area contributed by atoms with Crippen LogP contribution in [0.15, 0.2) is 6.07 Å². The van der Waals surface area contributed by atoms with E-state index in [2.05, 4.69) is 11.4 Å². The van der Waals surface area contributed by atoms with E-state index in [1.165, 1.54) is 43.2 Å². The zero-order valence-electron chi connectivity index (χ0n) is 13.4. The van der Waals surface area contributed by atoms with Crippen molar-refractivity contribution in [3.8, 4) is 11.5 Å². The Kier molecular flexibility index (Phi) is 3.54. The lowest BCUT2D eigenvalue weighted by Gasteiger charge is -2.56. The SMILES string of the molecule is COc1cc2c(c(OC)c1Cl)C[C@H]1NCC[C@@]23CCCC[C@@H]13. The normalized spacial score (nSPS) is 32.9. The van der Waals surface area contributed by atoms with Gasteiger partial charge in [0.25, 0.3) is 0 Å². The van der Waals surface area contributed by atoms with Crippen molar-refractivity contribution in [3.63, 3.8) is 0 Å². The Hall–Kier alpha value is -0.930. The van der Waals surface area contributed by atoms with E-state index in [0.717, 1.165) is 30.4 Å². The van der Waals surface area contributed by atoms with Crippen molar-refractivity contribution in [2.75, 3.05) is 20.8 Å². The monoisotopic (exact) mass is 321 g/mol. The molecule has 0 amide bonds. The topological polar surface area (TPSA) is 30.5 Å². The van der Waals surface area contributed by atoms with E-state index in [1.54, 1.807) is 14.2 Å². The van der Waals surface area contributed by atoms with Gasteiger partial charge < -0.3 is 14.8 Å². The molecule has 0 aromatic heterocycles. The first-order valence-electron chi connectivity index (χ1n) is 8.38. The third-order valence-electron chi connectivity index (χ3n) is 6.24. The number of hydrogen-bond donors (Lipinski definition) is 1. The minimum atomic E-state index is 0.299. The maximum atomic E-state index is 6.51. The van der Waals surface area contributed by atoms with E-state index in [0.29, 0.717) is 16.5 Å². The molecule has 1 heterocycles. The van der Waals surface area contributed by atoms with Gasteiger partial charge in [0.1, 0.15) is 16.5 Å². The van der Waals surface area contributed by atoms with Crippen LogP contribution in [0.4, 0.5) is 0 Å². The number of nitrogens with one attached hydrogen (secondary N) is 1. The van der Waals surface area contributed by atoms with Crippen molar-refractivity contribution < 1.29 is 9.47 Å². The van der Waals surface area contributed by atoms with Gasteiger partial charge >= 0.3 is 0 Å². The Labute approximate surface area is 137 Å². The number of ether oxygens (including phenoxy) is 2. The van der Waals surface area contributed by atoms with Gasteiger partial charge in [-0.25, -0.2) is 0 Å². The second kappa shape index (κ2) is 5.31. The number of rotatable bonds is 2. The van der Waals surface area contributed by atoms with Crippen LogP contribution in [0, 0.1) is 5.92 Å². The van der Waals surface area contributed by atoms with E-state index >= 15 is 0 Å². The summed E-state index contributed by atoms with van der Waals surface area (Å²) in [7, 11) is 3.41. The van der Waals surface area contributed by atoms with E-state index in [1.807, 2.05) is 0 Å². The average molecular weight is 322 g/mol. The molecule has 1 saturated carbocycles. The summed E-state index contributed by atoms with van der Waals surface area (Å²) in [6, 6.07) is 2.78. The predicted octanol–water partition coefficient (Wildman–Crippen LogP) is 3.70. The van der Waals surface area contributed by atoms with Crippen LogP contribution in [0.3, 0.4) is 0 Å². The second-order valence-electron chi connectivity index (χ2n) is 6.98. The Morgan fingerprint density at radius 3 is 2.86 bits per heavy atom. The number of hydrogen-bond acceptors (Lipinski definition) is 3. The number of benzene rings is 1. The highest BCUT2D eigenvalue weighted by molar-refractivity contribution is 6.33. The number of halogens is 1. The van der Waals surface area contributed by atoms with Gasteiger partial charge in [-0.3, -0.25) is 0 Å². The van der Waals surface area contributed by atoms with Gasteiger partial charge in [-0.1, -0.05) is 24.4 Å². The summed E-state index contributed by atoms with van der Waals surface area (Å²) in [5.74, 6) is 2.33. The zero-order chi connectivity index (χ0) is 15.3. The van der Waals surface area contributed by atoms with Crippen molar-refractivity contribution >= 4 is 11.6 Å². The maximum Gasteiger partial charge on any atom is 0.144 e. The molecule has 3 atom stereocenters. The van der Waals surface area contributed by atoms with Crippen LogP contribution < -0.4 is 14.8 Å². The van der Waals surface area contributed by atoms with Crippen molar-refractivity contribution in [1.29, 1.82) is 0 Å². The Balaban J connectivity index is 1.96. The second-order valence-corrected chi connectivity index (χ2v) is 7.35. The molecule has 22 heavy (non-hydrogen) atoms. The van der Waals surface area contributed by atoms with Crippen molar-refractivity contribution in [2.45, 2.75) is 50.0 Å². The maximum absolute atomic E-state index is 6.51. The Bertz CT molecular complexity index is 599. The van der Waals surface area contributed by atoms with E-state index in [-0.39, 0.29) is 0 Å². The molecule has 1 saturated heterocycles. The lowest BCUT2D eigenvalue weighted by atomic mass is 9.52. The summed E-state index contributed by atoms with van der Waals surface area (Å²) < 4.78 is 11.2. The van der Waals surface area contributed by atoms with Crippen molar-refractivity contribution in [2.24, 2.45) is 5.92 Å². The third-order valence-corrected chi connectivity index (χ3v) is 6.59. The molecule has 1 aromatic carbocycles. The smallest absolute Gasteiger partial charge is 0.144 e. The molecule has 0 radical (unpaired) electrons. The van der Waals surface area contributed by atoms with Gasteiger partial charge in [0, 0.05) is 17.0 Å². The highest BCUT2D eigenvalue weighted by Crippen LogP contribution is 2.57. The number of piperidine rings is 1. The lowest BCUT2D eigenvalue weighted by molar-refractivity contribution is 0.0785. The van der Waals surface area contributed by atoms with E-state index < -0.39 is 0 Å². The van der Waals surface area contributed by atoms with Crippen LogP contribution in [-0.2, 0) is 11.8 Å². The fourth-order valence-corrected chi connectivity index (χ4v) is 5.67. The summed E-state index contributed by atoms with van der Waals surface area (Å²) in [5.41, 5.74) is 3.06. The van der Waals surface area contributed by atoms with Crippen LogP contribution in [0.5, 0.6) is 11.5 Å². The summed E-state index contributed by atoms with van der Waals surface area (Å²) in [4.78, 5) is 0. The highest BCUT2D eigenvalue weighted by Gasteiger charge is 2.52. The predicted molar refractivity (Wildman–Crippen MR) is 88.3 cm³/mol. The summed E-state index contributed by atoms with van der Waals surface area (Å²) in [5, 5.41) is 4.37. The van der Waals surface area contributed by atoms with Gasteiger partial charge in [-0.05, 0) is 49.8 Å². The molecule has 0 unspecified atom stereocenters. The molecule has 3 nitrogen and oxygen atoms in total. The molecule has 120 valence electrons. The van der Waals surface area contributed by atoms with Gasteiger partial charge in [0.2, 0.25) is 0 Å². The molecular formula is C18H24ClNO2. The first-order chi connectivity index (χ1) is 10.7. The molecule has 0 spiro atoms. The molecule has 3 aliphatic rings. The summed E-state index contributed by atoms with van der Waals surface area (Å²) in [6.45, 7) is 1.12. The first-order valence-corrected chi connectivity index (χ1v) is 8.76.